The van der Waals surface area contributed by atoms with Crippen molar-refractivity contribution in [3.63, 3.8) is 0 Å². The molecule has 2 aliphatic rings. The lowest BCUT2D eigenvalue weighted by Gasteiger charge is -2.41. The fraction of sp³-hybridized carbons (Fsp3) is 0.500. The first-order chi connectivity index (χ1) is 11.2. The molecule has 1 saturated heterocycles. The summed E-state index contributed by atoms with van der Waals surface area (Å²) < 4.78 is 26.2. The highest BCUT2D eigenvalue weighted by Crippen LogP contribution is 2.35. The zero-order valence-corrected chi connectivity index (χ0v) is 14.3. The highest BCUT2D eigenvalue weighted by atomic mass is 32.2. The van der Waals surface area contributed by atoms with Crippen LogP contribution < -0.4 is 5.32 Å². The number of carbonyl (C=O) groups excluding carboxylic acids is 2. The Balaban J connectivity index is 2.01. The fourth-order valence-corrected chi connectivity index (χ4v) is 5.88. The Morgan fingerprint density at radius 2 is 1.75 bits per heavy atom. The van der Waals surface area contributed by atoms with E-state index >= 15 is 0 Å². The van der Waals surface area contributed by atoms with Crippen molar-refractivity contribution in [2.75, 3.05) is 0 Å². The highest BCUT2D eigenvalue weighted by molar-refractivity contribution is 7.92. The largest absolute Gasteiger partial charge is 0.348 e. The van der Waals surface area contributed by atoms with Crippen LogP contribution in [0.3, 0.4) is 0 Å². The van der Waals surface area contributed by atoms with Crippen molar-refractivity contribution in [2.45, 2.75) is 49.3 Å². The number of aryl methyl sites for hydroxylation is 2. The van der Waals surface area contributed by atoms with Gasteiger partial charge >= 0.3 is 6.03 Å². The normalized spacial score (nSPS) is 27.6. The Bertz CT molecular complexity index is 784. The van der Waals surface area contributed by atoms with Crippen LogP contribution in [0.15, 0.2) is 23.1 Å². The van der Waals surface area contributed by atoms with Crippen molar-refractivity contribution in [1.82, 2.24) is 10.4 Å². The molecular weight excluding hydrogens is 332 g/mol. The molecule has 0 aromatic heterocycles. The Kier molecular flexibility index (Phi) is 4.13. The number of carbonyl (C=O) groups is 2. The molecule has 7 nitrogen and oxygen atoms in total. The van der Waals surface area contributed by atoms with E-state index in [1.807, 2.05) is 19.9 Å². The number of nitrogens with one attached hydrogen (secondary N) is 1. The molecule has 1 heterocycles. The summed E-state index contributed by atoms with van der Waals surface area (Å²) in [6, 6.07) is 3.32. The average Bonchev–Trinajstić information content (AvgIpc) is 2.51. The zero-order chi connectivity index (χ0) is 17.6. The fourth-order valence-electron chi connectivity index (χ4n) is 3.71. The number of urea groups is 1. The average molecular weight is 352 g/mol. The van der Waals surface area contributed by atoms with E-state index in [1.54, 1.807) is 12.1 Å². The van der Waals surface area contributed by atoms with E-state index in [-0.39, 0.29) is 9.96 Å². The van der Waals surface area contributed by atoms with E-state index in [9.17, 15) is 23.2 Å². The molecule has 0 spiro atoms. The topological polar surface area (TPSA) is 104 Å². The van der Waals surface area contributed by atoms with Crippen LogP contribution in [0.1, 0.15) is 30.4 Å². The molecule has 1 saturated carbocycles. The van der Waals surface area contributed by atoms with Crippen LogP contribution >= 0.6 is 0 Å². The number of sulfone groups is 1. The summed E-state index contributed by atoms with van der Waals surface area (Å²) in [6.45, 7) is 3.65. The first kappa shape index (κ1) is 16.9. The van der Waals surface area contributed by atoms with Crippen LogP contribution in [0.25, 0.3) is 0 Å². The van der Waals surface area contributed by atoms with Gasteiger partial charge in [-0.25, -0.2) is 13.2 Å². The van der Waals surface area contributed by atoms with Crippen molar-refractivity contribution in [3.05, 3.63) is 29.3 Å². The highest BCUT2D eigenvalue weighted by Gasteiger charge is 2.50. The maximum atomic E-state index is 13.1. The molecule has 1 aromatic carbocycles. The standard InChI is InChI=1S/C16H20N2O5S/c1-9-6-10(2)8-11(7-9)24(22,23)13-5-3-4-12-14(13)17-16(20)18(21)15(12)19/h6-8,12-14,21H,3-5H2,1-2H3,(H,17,20). The molecule has 8 heteroatoms. The number of imide groups is 1. The smallest absolute Gasteiger partial charge is 0.331 e. The molecule has 24 heavy (non-hydrogen) atoms. The summed E-state index contributed by atoms with van der Waals surface area (Å²) in [5.74, 6) is -1.45. The number of hydrogen-bond acceptors (Lipinski definition) is 5. The first-order valence-electron chi connectivity index (χ1n) is 7.87. The number of nitrogens with zero attached hydrogens (tertiary/aromatic N) is 1. The van der Waals surface area contributed by atoms with Gasteiger partial charge in [0, 0.05) is 0 Å². The van der Waals surface area contributed by atoms with Crippen LogP contribution in [-0.2, 0) is 14.6 Å². The Labute approximate surface area is 140 Å². The monoisotopic (exact) mass is 352 g/mol. The maximum Gasteiger partial charge on any atom is 0.348 e. The molecule has 1 aliphatic carbocycles. The Hall–Kier alpha value is -1.93. The molecule has 2 N–H and O–H groups in total. The summed E-state index contributed by atoms with van der Waals surface area (Å²) in [4.78, 5) is 24.0. The van der Waals surface area contributed by atoms with Gasteiger partial charge in [0.05, 0.1) is 22.1 Å². The van der Waals surface area contributed by atoms with Gasteiger partial charge in [-0.1, -0.05) is 12.5 Å². The van der Waals surface area contributed by atoms with Crippen LogP contribution in [0.5, 0.6) is 0 Å². The first-order valence-corrected chi connectivity index (χ1v) is 9.42. The third-order valence-corrected chi connectivity index (χ3v) is 6.99. The van der Waals surface area contributed by atoms with Crippen LogP contribution in [0, 0.1) is 19.8 Å². The van der Waals surface area contributed by atoms with Gasteiger partial charge in [-0.05, 0) is 49.9 Å². The molecule has 0 radical (unpaired) electrons. The predicted molar refractivity (Wildman–Crippen MR) is 85.2 cm³/mol. The van der Waals surface area contributed by atoms with Crippen molar-refractivity contribution < 1.29 is 23.2 Å². The maximum absolute atomic E-state index is 13.1. The van der Waals surface area contributed by atoms with Gasteiger partial charge in [-0.3, -0.25) is 10.0 Å². The summed E-state index contributed by atoms with van der Waals surface area (Å²) in [6.07, 6.45) is 1.36. The molecule has 3 rings (SSSR count). The lowest BCUT2D eigenvalue weighted by molar-refractivity contribution is -0.163. The second-order valence-corrected chi connectivity index (χ2v) is 8.74. The van der Waals surface area contributed by atoms with E-state index in [2.05, 4.69) is 5.32 Å². The van der Waals surface area contributed by atoms with E-state index in [0.717, 1.165) is 11.1 Å². The minimum absolute atomic E-state index is 0.0486. The summed E-state index contributed by atoms with van der Waals surface area (Å²) in [5.41, 5.74) is 1.68. The minimum atomic E-state index is -3.71. The van der Waals surface area contributed by atoms with Gasteiger partial charge < -0.3 is 5.32 Å². The molecule has 0 bridgehead atoms. The predicted octanol–water partition coefficient (Wildman–Crippen LogP) is 1.56. The quantitative estimate of drug-likeness (QED) is 0.786. The van der Waals surface area contributed by atoms with Gasteiger partial charge in [-0.15, -0.1) is 5.06 Å². The second-order valence-electron chi connectivity index (χ2n) is 6.57. The molecule has 2 fully saturated rings. The third kappa shape index (κ3) is 2.69. The second kappa shape index (κ2) is 5.86. The van der Waals surface area contributed by atoms with Crippen LogP contribution in [0.4, 0.5) is 4.79 Å². The molecule has 1 aromatic rings. The van der Waals surface area contributed by atoms with Gasteiger partial charge in [0.15, 0.2) is 9.84 Å². The van der Waals surface area contributed by atoms with Crippen molar-refractivity contribution in [1.29, 1.82) is 0 Å². The SMILES string of the molecule is Cc1cc(C)cc(S(=O)(=O)C2CCCC3C(=O)N(O)C(=O)NC32)c1. The van der Waals surface area contributed by atoms with E-state index < -0.39 is 39.0 Å². The van der Waals surface area contributed by atoms with Crippen molar-refractivity contribution in [2.24, 2.45) is 5.92 Å². The van der Waals surface area contributed by atoms with E-state index in [1.165, 1.54) is 0 Å². The van der Waals surface area contributed by atoms with E-state index in [0.29, 0.717) is 19.3 Å². The lowest BCUT2D eigenvalue weighted by Crippen LogP contribution is -2.64. The molecule has 3 unspecified atom stereocenters. The number of rotatable bonds is 2. The van der Waals surface area contributed by atoms with Crippen LogP contribution in [0.2, 0.25) is 0 Å². The molecular formula is C16H20N2O5S. The number of fused-ring (bicyclic) bond motifs is 1. The molecule has 130 valence electrons. The number of hydroxylamine groups is 2. The minimum Gasteiger partial charge on any atom is -0.331 e. The van der Waals surface area contributed by atoms with Crippen molar-refractivity contribution in [3.8, 4) is 0 Å². The van der Waals surface area contributed by atoms with Gasteiger partial charge in [0.2, 0.25) is 0 Å². The van der Waals surface area contributed by atoms with Crippen LogP contribution in [-0.4, -0.2) is 41.9 Å². The number of amides is 3. The Morgan fingerprint density at radius 3 is 2.38 bits per heavy atom. The van der Waals surface area contributed by atoms with Gasteiger partial charge in [-0.2, -0.15) is 0 Å². The number of hydrogen-bond donors (Lipinski definition) is 2. The molecule has 3 amide bonds. The molecule has 1 aliphatic heterocycles. The Morgan fingerprint density at radius 1 is 1.12 bits per heavy atom. The third-order valence-electron chi connectivity index (χ3n) is 4.77. The molecule has 3 atom stereocenters. The van der Waals surface area contributed by atoms with E-state index in [4.69, 9.17) is 0 Å². The summed E-state index contributed by atoms with van der Waals surface area (Å²) >= 11 is 0. The summed E-state index contributed by atoms with van der Waals surface area (Å²) in [7, 11) is -3.71. The van der Waals surface area contributed by atoms with Gasteiger partial charge in [0.1, 0.15) is 0 Å². The van der Waals surface area contributed by atoms with Crippen molar-refractivity contribution >= 4 is 21.8 Å². The zero-order valence-electron chi connectivity index (χ0n) is 13.5. The number of benzene rings is 1. The van der Waals surface area contributed by atoms with Gasteiger partial charge in [0.25, 0.3) is 5.91 Å². The summed E-state index contributed by atoms with van der Waals surface area (Å²) in [5, 5.41) is 11.1. The lowest BCUT2D eigenvalue weighted by atomic mass is 9.82.